The number of nitrogens with zero attached hydrogens (tertiary/aromatic N) is 1. The molecule has 0 unspecified atom stereocenters. The number of rotatable bonds is 9. The number of piperidine rings is 1. The molecule has 4 N–H and O–H groups in total. The molecule has 9 nitrogen and oxygen atoms in total. The van der Waals surface area contributed by atoms with Gasteiger partial charge in [0.25, 0.3) is 10.0 Å². The van der Waals surface area contributed by atoms with Gasteiger partial charge in [-0.25, -0.2) is 12.7 Å². The number of carbonyl (C=O) groups excluding carboxylic acids is 2. The first-order valence-corrected chi connectivity index (χ1v) is 12.1. The van der Waals surface area contributed by atoms with Crippen LogP contribution in [0.4, 0.5) is 0 Å². The second-order valence-corrected chi connectivity index (χ2v) is 9.88. The van der Waals surface area contributed by atoms with Gasteiger partial charge >= 0.3 is 0 Å². The predicted octanol–water partition coefficient (Wildman–Crippen LogP) is 0.412. The average molecular weight is 452 g/mol. The third-order valence-corrected chi connectivity index (χ3v) is 7.55. The van der Waals surface area contributed by atoms with Crippen LogP contribution in [-0.4, -0.2) is 62.9 Å². The molecule has 0 saturated carbocycles. The molecule has 0 aromatic heterocycles. The van der Waals surface area contributed by atoms with Crippen LogP contribution in [-0.2, 0) is 19.6 Å². The van der Waals surface area contributed by atoms with Gasteiger partial charge in [0.2, 0.25) is 11.8 Å². The smallest absolute Gasteiger partial charge is 0.266 e. The Morgan fingerprint density at radius 3 is 2.39 bits per heavy atom. The molecule has 2 amide bonds. The number of ether oxygens (including phenoxy) is 1. The molecule has 2 aliphatic rings. The number of primary amides is 1. The number of hydrogen-bond donors (Lipinski definition) is 3. The van der Waals surface area contributed by atoms with Gasteiger partial charge in [0.05, 0.1) is 17.4 Å². The van der Waals surface area contributed by atoms with Gasteiger partial charge in [-0.3, -0.25) is 9.59 Å². The van der Waals surface area contributed by atoms with Crippen molar-refractivity contribution < 1.29 is 22.7 Å². The highest BCUT2D eigenvalue weighted by Crippen LogP contribution is 2.26. The molecule has 3 rings (SSSR count). The molecule has 0 spiro atoms. The number of benzene rings is 1. The number of amides is 2. The minimum atomic E-state index is -4.07. The minimum Gasteiger partial charge on any atom is -0.490 e. The van der Waals surface area contributed by atoms with Gasteiger partial charge < -0.3 is 21.1 Å². The molecule has 2 fully saturated rings. The highest BCUT2D eigenvalue weighted by molar-refractivity contribution is 7.89. The van der Waals surface area contributed by atoms with E-state index in [0.29, 0.717) is 25.3 Å². The van der Waals surface area contributed by atoms with Crippen molar-refractivity contribution in [3.8, 4) is 5.75 Å². The first-order valence-electron chi connectivity index (χ1n) is 10.7. The van der Waals surface area contributed by atoms with E-state index >= 15 is 0 Å². The highest BCUT2D eigenvalue weighted by atomic mass is 32.2. The Labute approximate surface area is 183 Å². The molecule has 1 aromatic carbocycles. The molecule has 0 bridgehead atoms. The van der Waals surface area contributed by atoms with Crippen molar-refractivity contribution in [1.82, 2.24) is 14.9 Å². The Morgan fingerprint density at radius 1 is 1.16 bits per heavy atom. The van der Waals surface area contributed by atoms with Crippen molar-refractivity contribution in [2.24, 2.45) is 11.7 Å². The number of nitrogens with one attached hydrogen (secondary N) is 2. The largest absolute Gasteiger partial charge is 0.490 e. The van der Waals surface area contributed by atoms with E-state index in [-0.39, 0.29) is 17.4 Å². The number of carbonyl (C=O) groups is 2. The summed E-state index contributed by atoms with van der Waals surface area (Å²) in [6.07, 6.45) is 3.76. The Morgan fingerprint density at radius 2 is 1.81 bits per heavy atom. The second-order valence-electron chi connectivity index (χ2n) is 8.07. The van der Waals surface area contributed by atoms with Gasteiger partial charge in [0.15, 0.2) is 0 Å². The van der Waals surface area contributed by atoms with Crippen molar-refractivity contribution in [1.29, 1.82) is 0 Å². The fraction of sp³-hybridized carbons (Fsp3) is 0.571. The molecule has 171 valence electrons. The number of sulfonamides is 1. The summed E-state index contributed by atoms with van der Waals surface area (Å²) in [5.74, 6) is -1.13. The third-order valence-electron chi connectivity index (χ3n) is 5.68. The fourth-order valence-corrected chi connectivity index (χ4v) is 5.32. The quantitative estimate of drug-likeness (QED) is 0.496. The van der Waals surface area contributed by atoms with E-state index in [1.54, 1.807) is 19.1 Å². The Balaban J connectivity index is 1.75. The predicted molar refractivity (Wildman–Crippen MR) is 116 cm³/mol. The molecule has 2 saturated heterocycles. The fourth-order valence-electron chi connectivity index (χ4n) is 3.73. The summed E-state index contributed by atoms with van der Waals surface area (Å²) in [6, 6.07) is 5.72. The molecule has 1 aromatic rings. The lowest BCUT2D eigenvalue weighted by Gasteiger charge is -2.28. The highest BCUT2D eigenvalue weighted by Gasteiger charge is 2.37. The SMILES string of the molecule is C[C@@H](C[CH]C(=O)N([C@@H]1CCNC1)S(=O)(=O)c1ccc(OC2CCNCC2)cc1)C(N)=O. The van der Waals surface area contributed by atoms with Crippen LogP contribution < -0.4 is 21.1 Å². The minimum absolute atomic E-state index is 0.0294. The van der Waals surface area contributed by atoms with Gasteiger partial charge in [-0.05, 0) is 69.6 Å². The van der Waals surface area contributed by atoms with Crippen LogP contribution in [0, 0.1) is 12.3 Å². The van der Waals surface area contributed by atoms with Crippen LogP contribution in [0.1, 0.15) is 32.6 Å². The summed E-state index contributed by atoms with van der Waals surface area (Å²) in [6.45, 7) is 4.41. The standard InChI is InChI=1S/C21H31N4O5S/c1-15(21(22)27)2-7-20(26)25(16-8-11-24-14-16)31(28,29)19-5-3-17(4-6-19)30-18-9-12-23-13-10-18/h3-7,15-16,18,23-24H,2,8-14H2,1H3,(H2,22,27)/t15-,16+/m0/s1. The van der Waals surface area contributed by atoms with Crippen LogP contribution >= 0.6 is 0 Å². The van der Waals surface area contributed by atoms with Crippen LogP contribution in [0.3, 0.4) is 0 Å². The van der Waals surface area contributed by atoms with Gasteiger partial charge in [-0.2, -0.15) is 0 Å². The molecule has 2 atom stereocenters. The van der Waals surface area contributed by atoms with E-state index in [4.69, 9.17) is 10.5 Å². The van der Waals surface area contributed by atoms with E-state index in [1.807, 2.05) is 0 Å². The maximum absolute atomic E-state index is 13.4. The summed E-state index contributed by atoms with van der Waals surface area (Å²) in [7, 11) is -4.07. The van der Waals surface area contributed by atoms with Crippen molar-refractivity contribution in [2.75, 3.05) is 26.2 Å². The monoisotopic (exact) mass is 451 g/mol. The molecule has 10 heteroatoms. The maximum Gasteiger partial charge on any atom is 0.266 e. The van der Waals surface area contributed by atoms with Crippen molar-refractivity contribution in [3.05, 3.63) is 30.7 Å². The van der Waals surface area contributed by atoms with E-state index in [9.17, 15) is 18.0 Å². The molecule has 31 heavy (non-hydrogen) atoms. The van der Waals surface area contributed by atoms with E-state index in [2.05, 4.69) is 10.6 Å². The zero-order valence-corrected chi connectivity index (χ0v) is 18.6. The lowest BCUT2D eigenvalue weighted by Crippen LogP contribution is -2.46. The van der Waals surface area contributed by atoms with Crippen molar-refractivity contribution in [2.45, 2.75) is 49.6 Å². The number of nitrogens with two attached hydrogens (primary N) is 1. The first kappa shape index (κ1) is 23.5. The molecular weight excluding hydrogens is 420 g/mol. The Kier molecular flexibility index (Phi) is 7.90. The molecule has 1 radical (unpaired) electrons. The van der Waals surface area contributed by atoms with Gasteiger partial charge in [-0.1, -0.05) is 6.92 Å². The Hall–Kier alpha value is -2.17. The summed E-state index contributed by atoms with van der Waals surface area (Å²) in [5.41, 5.74) is 5.25. The van der Waals surface area contributed by atoms with Crippen LogP contribution in [0.15, 0.2) is 29.2 Å². The summed E-state index contributed by atoms with van der Waals surface area (Å²) in [5, 5.41) is 6.37. The first-order chi connectivity index (χ1) is 14.8. The van der Waals surface area contributed by atoms with Crippen molar-refractivity contribution in [3.63, 3.8) is 0 Å². The summed E-state index contributed by atoms with van der Waals surface area (Å²) < 4.78 is 33.6. The number of hydrogen-bond acceptors (Lipinski definition) is 7. The van der Waals surface area contributed by atoms with Gasteiger partial charge in [-0.15, -0.1) is 0 Å². The van der Waals surface area contributed by atoms with E-state index < -0.39 is 33.8 Å². The van der Waals surface area contributed by atoms with E-state index in [1.165, 1.54) is 18.6 Å². The summed E-state index contributed by atoms with van der Waals surface area (Å²) in [4.78, 5) is 24.2. The lowest BCUT2D eigenvalue weighted by molar-refractivity contribution is -0.124. The lowest BCUT2D eigenvalue weighted by atomic mass is 10.0. The van der Waals surface area contributed by atoms with Gasteiger partial charge in [0, 0.05) is 12.5 Å². The molecular formula is C21H31N4O5S. The molecule has 2 heterocycles. The Bertz CT molecular complexity index is 862. The topological polar surface area (TPSA) is 131 Å². The van der Waals surface area contributed by atoms with Crippen LogP contribution in [0.2, 0.25) is 0 Å². The normalized spacial score (nSPS) is 20.9. The van der Waals surface area contributed by atoms with Crippen molar-refractivity contribution >= 4 is 21.8 Å². The maximum atomic E-state index is 13.4. The summed E-state index contributed by atoms with van der Waals surface area (Å²) >= 11 is 0. The zero-order chi connectivity index (χ0) is 22.4. The average Bonchev–Trinajstić information content (AvgIpc) is 3.27. The van der Waals surface area contributed by atoms with E-state index in [0.717, 1.165) is 30.2 Å². The zero-order valence-electron chi connectivity index (χ0n) is 17.7. The molecule has 2 aliphatic heterocycles. The molecule has 0 aliphatic carbocycles. The van der Waals surface area contributed by atoms with Crippen LogP contribution in [0.25, 0.3) is 0 Å². The third kappa shape index (κ3) is 5.96. The van der Waals surface area contributed by atoms with Gasteiger partial charge in [0.1, 0.15) is 11.9 Å². The second kappa shape index (κ2) is 10.4. The van der Waals surface area contributed by atoms with Crippen LogP contribution in [0.5, 0.6) is 5.75 Å².